The number of carbonyl (C=O) groups excluding carboxylic acids is 3. The normalized spacial score (nSPS) is 11.2. The summed E-state index contributed by atoms with van der Waals surface area (Å²) in [4.78, 5) is 36.0. The lowest BCUT2D eigenvalue weighted by molar-refractivity contribution is -0.145. The number of hydrogen-bond donors (Lipinski definition) is 1. The van der Waals surface area contributed by atoms with Crippen LogP contribution in [-0.4, -0.2) is 44.7 Å². The van der Waals surface area contributed by atoms with Crippen LogP contribution in [0.1, 0.15) is 15.9 Å². The molecule has 27 heavy (non-hydrogen) atoms. The SMILES string of the molecule is COC(=O)[C@@H](Cc1ccccc1)NC(=O)COC(=O)c1ccc(OC)cc1. The number of ether oxygens (including phenoxy) is 3. The van der Waals surface area contributed by atoms with Crippen LogP contribution in [0.15, 0.2) is 54.6 Å². The molecular formula is C20H21NO6. The van der Waals surface area contributed by atoms with Gasteiger partial charge in [0.05, 0.1) is 19.8 Å². The molecular weight excluding hydrogens is 350 g/mol. The van der Waals surface area contributed by atoms with Crippen molar-refractivity contribution in [1.82, 2.24) is 5.32 Å². The minimum Gasteiger partial charge on any atom is -0.497 e. The number of nitrogens with one attached hydrogen (secondary N) is 1. The van der Waals surface area contributed by atoms with E-state index in [2.05, 4.69) is 5.32 Å². The largest absolute Gasteiger partial charge is 0.497 e. The van der Waals surface area contributed by atoms with Gasteiger partial charge in [0.15, 0.2) is 6.61 Å². The van der Waals surface area contributed by atoms with Gasteiger partial charge in [-0.25, -0.2) is 9.59 Å². The van der Waals surface area contributed by atoms with E-state index in [4.69, 9.17) is 14.2 Å². The molecule has 1 N–H and O–H groups in total. The van der Waals surface area contributed by atoms with Crippen molar-refractivity contribution < 1.29 is 28.6 Å². The first kappa shape index (κ1) is 20.0. The summed E-state index contributed by atoms with van der Waals surface area (Å²) in [6.07, 6.45) is 0.270. The van der Waals surface area contributed by atoms with Crippen molar-refractivity contribution in [3.8, 4) is 5.75 Å². The van der Waals surface area contributed by atoms with E-state index in [0.29, 0.717) is 5.75 Å². The maximum atomic E-state index is 12.1. The second kappa shape index (κ2) is 9.96. The Labute approximate surface area is 157 Å². The monoisotopic (exact) mass is 371 g/mol. The van der Waals surface area contributed by atoms with E-state index < -0.39 is 30.5 Å². The molecule has 1 amide bonds. The van der Waals surface area contributed by atoms with Gasteiger partial charge in [0.2, 0.25) is 0 Å². The zero-order valence-corrected chi connectivity index (χ0v) is 15.1. The third-order valence-corrected chi connectivity index (χ3v) is 3.76. The van der Waals surface area contributed by atoms with E-state index >= 15 is 0 Å². The summed E-state index contributed by atoms with van der Waals surface area (Å²) in [6.45, 7) is -0.507. The molecule has 7 heteroatoms. The lowest BCUT2D eigenvalue weighted by atomic mass is 10.1. The van der Waals surface area contributed by atoms with Crippen LogP contribution >= 0.6 is 0 Å². The van der Waals surface area contributed by atoms with E-state index in [-0.39, 0.29) is 12.0 Å². The molecule has 2 aromatic rings. The Hall–Kier alpha value is -3.35. The van der Waals surface area contributed by atoms with Crippen molar-refractivity contribution in [3.63, 3.8) is 0 Å². The zero-order chi connectivity index (χ0) is 19.6. The Morgan fingerprint density at radius 3 is 2.22 bits per heavy atom. The number of esters is 2. The average molecular weight is 371 g/mol. The summed E-state index contributed by atoms with van der Waals surface area (Å²) < 4.78 is 14.7. The van der Waals surface area contributed by atoms with Crippen LogP contribution in [0, 0.1) is 0 Å². The van der Waals surface area contributed by atoms with Gasteiger partial charge in [-0.2, -0.15) is 0 Å². The van der Waals surface area contributed by atoms with Gasteiger partial charge < -0.3 is 19.5 Å². The first-order valence-electron chi connectivity index (χ1n) is 8.25. The van der Waals surface area contributed by atoms with Gasteiger partial charge in [0.25, 0.3) is 5.91 Å². The predicted octanol–water partition coefficient (Wildman–Crippen LogP) is 1.75. The molecule has 142 valence electrons. The number of hydrogen-bond acceptors (Lipinski definition) is 6. The van der Waals surface area contributed by atoms with Gasteiger partial charge in [-0.05, 0) is 29.8 Å². The molecule has 2 aromatic carbocycles. The van der Waals surface area contributed by atoms with Crippen molar-refractivity contribution in [2.75, 3.05) is 20.8 Å². The number of amides is 1. The van der Waals surface area contributed by atoms with E-state index in [1.807, 2.05) is 30.3 Å². The highest BCUT2D eigenvalue weighted by atomic mass is 16.5. The minimum atomic E-state index is -0.871. The molecule has 0 saturated heterocycles. The molecule has 0 aliphatic heterocycles. The molecule has 0 fully saturated rings. The van der Waals surface area contributed by atoms with Crippen molar-refractivity contribution in [2.24, 2.45) is 0 Å². The summed E-state index contributed by atoms with van der Waals surface area (Å²) in [5.74, 6) is -1.21. The molecule has 0 aliphatic rings. The van der Waals surface area contributed by atoms with Crippen molar-refractivity contribution in [3.05, 3.63) is 65.7 Å². The standard InChI is InChI=1S/C20H21NO6/c1-25-16-10-8-15(9-11-16)19(23)27-13-18(22)21-17(20(24)26-2)12-14-6-4-3-5-7-14/h3-11,17H,12-13H2,1-2H3,(H,21,22)/t17-/m1/s1. The third-order valence-electron chi connectivity index (χ3n) is 3.76. The number of benzene rings is 2. The Morgan fingerprint density at radius 1 is 0.963 bits per heavy atom. The summed E-state index contributed by atoms with van der Waals surface area (Å²) in [5.41, 5.74) is 1.15. The lowest BCUT2D eigenvalue weighted by Crippen LogP contribution is -2.44. The number of methoxy groups -OCH3 is 2. The Bertz CT molecular complexity index is 773. The molecule has 0 heterocycles. The lowest BCUT2D eigenvalue weighted by Gasteiger charge is -2.16. The third kappa shape index (κ3) is 6.14. The van der Waals surface area contributed by atoms with Crippen molar-refractivity contribution in [2.45, 2.75) is 12.5 Å². The van der Waals surface area contributed by atoms with Crippen LogP contribution in [0.5, 0.6) is 5.75 Å². The molecule has 0 radical (unpaired) electrons. The summed E-state index contributed by atoms with van der Waals surface area (Å²) in [6, 6.07) is 14.6. The highest BCUT2D eigenvalue weighted by Gasteiger charge is 2.22. The Morgan fingerprint density at radius 2 is 1.63 bits per heavy atom. The van der Waals surface area contributed by atoms with Gasteiger partial charge in [-0.1, -0.05) is 30.3 Å². The molecule has 0 bridgehead atoms. The van der Waals surface area contributed by atoms with Gasteiger partial charge in [-0.15, -0.1) is 0 Å². The molecule has 1 atom stereocenters. The molecule has 0 aromatic heterocycles. The second-order valence-electron chi connectivity index (χ2n) is 5.64. The minimum absolute atomic E-state index is 0.270. The maximum absolute atomic E-state index is 12.1. The molecule has 0 saturated carbocycles. The van der Waals surface area contributed by atoms with Crippen molar-refractivity contribution >= 4 is 17.8 Å². The predicted molar refractivity (Wildman–Crippen MR) is 97.4 cm³/mol. The summed E-state index contributed by atoms with van der Waals surface area (Å²) >= 11 is 0. The number of carbonyl (C=O) groups is 3. The summed E-state index contributed by atoms with van der Waals surface area (Å²) in [5, 5.41) is 2.53. The van der Waals surface area contributed by atoms with Gasteiger partial charge in [0, 0.05) is 6.42 Å². The van der Waals surface area contributed by atoms with Crippen LogP contribution in [0.4, 0.5) is 0 Å². The molecule has 7 nitrogen and oxygen atoms in total. The molecule has 0 unspecified atom stereocenters. The quantitative estimate of drug-likeness (QED) is 0.711. The average Bonchev–Trinajstić information content (AvgIpc) is 2.71. The fourth-order valence-corrected chi connectivity index (χ4v) is 2.36. The maximum Gasteiger partial charge on any atom is 0.338 e. The van der Waals surface area contributed by atoms with E-state index in [0.717, 1.165) is 5.56 Å². The number of rotatable bonds is 8. The van der Waals surface area contributed by atoms with Crippen LogP contribution in [-0.2, 0) is 25.5 Å². The first-order chi connectivity index (χ1) is 13.0. The first-order valence-corrected chi connectivity index (χ1v) is 8.25. The van der Waals surface area contributed by atoms with E-state index in [1.54, 1.807) is 12.1 Å². The van der Waals surface area contributed by atoms with E-state index in [9.17, 15) is 14.4 Å². The smallest absolute Gasteiger partial charge is 0.338 e. The highest BCUT2D eigenvalue weighted by molar-refractivity contribution is 5.92. The molecule has 0 spiro atoms. The van der Waals surface area contributed by atoms with Gasteiger partial charge in [0.1, 0.15) is 11.8 Å². The summed E-state index contributed by atoms with van der Waals surface area (Å²) in [7, 11) is 2.76. The molecule has 0 aliphatic carbocycles. The van der Waals surface area contributed by atoms with Crippen molar-refractivity contribution in [1.29, 1.82) is 0 Å². The zero-order valence-electron chi connectivity index (χ0n) is 15.1. The fraction of sp³-hybridized carbons (Fsp3) is 0.250. The van der Waals surface area contributed by atoms with E-state index in [1.165, 1.54) is 26.4 Å². The van der Waals surface area contributed by atoms with Gasteiger partial charge in [-0.3, -0.25) is 4.79 Å². The Balaban J connectivity index is 1.90. The van der Waals surface area contributed by atoms with Crippen LogP contribution in [0.2, 0.25) is 0 Å². The highest BCUT2D eigenvalue weighted by Crippen LogP contribution is 2.12. The molecule has 2 rings (SSSR count). The van der Waals surface area contributed by atoms with Gasteiger partial charge >= 0.3 is 11.9 Å². The topological polar surface area (TPSA) is 90.9 Å². The van der Waals surface area contributed by atoms with Crippen LogP contribution in [0.25, 0.3) is 0 Å². The van der Waals surface area contributed by atoms with Crippen LogP contribution < -0.4 is 10.1 Å². The fourth-order valence-electron chi connectivity index (χ4n) is 2.36. The second-order valence-corrected chi connectivity index (χ2v) is 5.64. The van der Waals surface area contributed by atoms with Crippen LogP contribution in [0.3, 0.4) is 0 Å². The Kier molecular flexibility index (Phi) is 7.37.